The van der Waals surface area contributed by atoms with E-state index < -0.39 is 0 Å². The number of aryl methyl sites for hydroxylation is 2. The normalized spacial score (nSPS) is 10.3. The zero-order valence-electron chi connectivity index (χ0n) is 12.0. The summed E-state index contributed by atoms with van der Waals surface area (Å²) in [5.74, 6) is 1.80. The van der Waals surface area contributed by atoms with Gasteiger partial charge >= 0.3 is 0 Å². The molecule has 0 spiro atoms. The average Bonchev–Trinajstić information content (AvgIpc) is 2.79. The van der Waals surface area contributed by atoms with Crippen molar-refractivity contribution in [3.05, 3.63) is 53.0 Å². The van der Waals surface area contributed by atoms with E-state index in [-0.39, 0.29) is 5.91 Å². The summed E-state index contributed by atoms with van der Waals surface area (Å²) in [5.41, 5.74) is 2.11. The van der Waals surface area contributed by atoms with Gasteiger partial charge in [-0.1, -0.05) is 12.1 Å². The average molecular weight is 273 g/mol. The largest absolute Gasteiger partial charge is 0.497 e. The summed E-state index contributed by atoms with van der Waals surface area (Å²) in [7, 11) is 1.64. The van der Waals surface area contributed by atoms with Crippen LogP contribution in [-0.4, -0.2) is 19.6 Å². The van der Waals surface area contributed by atoms with Gasteiger partial charge in [-0.05, 0) is 49.6 Å². The minimum atomic E-state index is -0.177. The summed E-state index contributed by atoms with van der Waals surface area (Å²) in [6.07, 6.45) is 0.752. The van der Waals surface area contributed by atoms with Crippen LogP contribution in [-0.2, 0) is 6.42 Å². The van der Waals surface area contributed by atoms with Gasteiger partial charge in [0.2, 0.25) is 0 Å². The Morgan fingerprint density at radius 3 is 2.75 bits per heavy atom. The van der Waals surface area contributed by atoms with Crippen molar-refractivity contribution in [2.45, 2.75) is 20.3 Å². The molecule has 0 radical (unpaired) electrons. The second kappa shape index (κ2) is 6.28. The summed E-state index contributed by atoms with van der Waals surface area (Å²) in [4.78, 5) is 11.9. The van der Waals surface area contributed by atoms with Crippen molar-refractivity contribution < 1.29 is 13.9 Å². The molecule has 2 aromatic rings. The topological polar surface area (TPSA) is 51.5 Å². The van der Waals surface area contributed by atoms with Gasteiger partial charge < -0.3 is 14.5 Å². The maximum atomic E-state index is 11.9. The molecule has 4 heteroatoms. The number of hydrogen-bond acceptors (Lipinski definition) is 3. The van der Waals surface area contributed by atoms with Gasteiger partial charge in [0.25, 0.3) is 5.91 Å². The lowest BCUT2D eigenvalue weighted by molar-refractivity contribution is 0.0925. The molecular weight excluding hydrogens is 254 g/mol. The molecule has 0 bridgehead atoms. The van der Waals surface area contributed by atoms with Gasteiger partial charge in [0.1, 0.15) is 11.5 Å². The number of rotatable bonds is 5. The Hall–Kier alpha value is -2.23. The van der Waals surface area contributed by atoms with Gasteiger partial charge in [-0.25, -0.2) is 0 Å². The highest BCUT2D eigenvalue weighted by molar-refractivity contribution is 5.91. The molecule has 0 aliphatic heterocycles. The van der Waals surface area contributed by atoms with Crippen molar-refractivity contribution in [1.29, 1.82) is 0 Å². The predicted molar refractivity (Wildman–Crippen MR) is 77.2 cm³/mol. The molecule has 0 atom stereocenters. The molecule has 2 rings (SSSR count). The summed E-state index contributed by atoms with van der Waals surface area (Å²) in [6, 6.07) is 9.57. The number of ether oxygens (including phenoxy) is 1. The second-order valence-electron chi connectivity index (χ2n) is 4.71. The standard InChI is InChI=1S/C16H19NO3/c1-11-9-15(20-12(11)2)16(18)17-8-7-13-5-4-6-14(10-13)19-3/h4-6,9-10H,7-8H2,1-3H3,(H,17,18). The van der Waals surface area contributed by atoms with Crippen LogP contribution >= 0.6 is 0 Å². The van der Waals surface area contributed by atoms with E-state index in [1.807, 2.05) is 38.1 Å². The fourth-order valence-electron chi connectivity index (χ4n) is 1.92. The second-order valence-corrected chi connectivity index (χ2v) is 4.71. The first-order valence-corrected chi connectivity index (χ1v) is 6.58. The number of amides is 1. The van der Waals surface area contributed by atoms with E-state index in [0.717, 1.165) is 29.1 Å². The van der Waals surface area contributed by atoms with E-state index in [0.29, 0.717) is 12.3 Å². The molecule has 1 amide bonds. The molecule has 0 saturated heterocycles. The van der Waals surface area contributed by atoms with Crippen LogP contribution in [0.2, 0.25) is 0 Å². The molecule has 1 aromatic carbocycles. The molecule has 0 fully saturated rings. The highest BCUT2D eigenvalue weighted by Gasteiger charge is 2.11. The first-order chi connectivity index (χ1) is 9.60. The van der Waals surface area contributed by atoms with Crippen LogP contribution in [0.25, 0.3) is 0 Å². The molecule has 0 saturated carbocycles. The van der Waals surface area contributed by atoms with E-state index in [1.54, 1.807) is 13.2 Å². The third-order valence-electron chi connectivity index (χ3n) is 3.22. The van der Waals surface area contributed by atoms with Crippen molar-refractivity contribution >= 4 is 5.91 Å². The smallest absolute Gasteiger partial charge is 0.287 e. The molecule has 0 aliphatic carbocycles. The number of furan rings is 1. The molecule has 20 heavy (non-hydrogen) atoms. The third kappa shape index (κ3) is 3.41. The van der Waals surface area contributed by atoms with Crippen LogP contribution in [0.4, 0.5) is 0 Å². The Kier molecular flexibility index (Phi) is 4.45. The number of methoxy groups -OCH3 is 1. The molecular formula is C16H19NO3. The number of nitrogens with one attached hydrogen (secondary N) is 1. The van der Waals surface area contributed by atoms with Crippen LogP contribution in [0.1, 0.15) is 27.4 Å². The van der Waals surface area contributed by atoms with Crippen LogP contribution in [0, 0.1) is 13.8 Å². The number of carbonyl (C=O) groups is 1. The van der Waals surface area contributed by atoms with Gasteiger partial charge in [0.05, 0.1) is 7.11 Å². The Balaban J connectivity index is 1.87. The van der Waals surface area contributed by atoms with Crippen LogP contribution in [0.5, 0.6) is 5.75 Å². The van der Waals surface area contributed by atoms with Crippen molar-refractivity contribution in [3.8, 4) is 5.75 Å². The lowest BCUT2D eigenvalue weighted by Crippen LogP contribution is -2.25. The van der Waals surface area contributed by atoms with E-state index in [2.05, 4.69) is 5.32 Å². The van der Waals surface area contributed by atoms with Gasteiger partial charge in [-0.3, -0.25) is 4.79 Å². The lowest BCUT2D eigenvalue weighted by Gasteiger charge is -2.05. The van der Waals surface area contributed by atoms with Crippen LogP contribution in [0.15, 0.2) is 34.7 Å². The fourth-order valence-corrected chi connectivity index (χ4v) is 1.92. The Labute approximate surface area is 118 Å². The molecule has 1 N–H and O–H groups in total. The van der Waals surface area contributed by atoms with Gasteiger partial charge in [-0.15, -0.1) is 0 Å². The molecule has 106 valence electrons. The third-order valence-corrected chi connectivity index (χ3v) is 3.22. The predicted octanol–water partition coefficient (Wildman–Crippen LogP) is 2.88. The Bertz CT molecular complexity index is 582. The van der Waals surface area contributed by atoms with E-state index in [1.165, 1.54) is 0 Å². The van der Waals surface area contributed by atoms with Crippen LogP contribution in [0.3, 0.4) is 0 Å². The molecule has 4 nitrogen and oxygen atoms in total. The lowest BCUT2D eigenvalue weighted by atomic mass is 10.1. The highest BCUT2D eigenvalue weighted by Crippen LogP contribution is 2.14. The monoisotopic (exact) mass is 273 g/mol. The summed E-state index contributed by atoms with van der Waals surface area (Å²) < 4.78 is 10.5. The van der Waals surface area contributed by atoms with Crippen LogP contribution < -0.4 is 10.1 Å². The Morgan fingerprint density at radius 1 is 1.30 bits per heavy atom. The number of benzene rings is 1. The summed E-state index contributed by atoms with van der Waals surface area (Å²) in [6.45, 7) is 4.33. The maximum absolute atomic E-state index is 11.9. The van der Waals surface area contributed by atoms with Gasteiger partial charge in [0.15, 0.2) is 5.76 Å². The van der Waals surface area contributed by atoms with E-state index >= 15 is 0 Å². The minimum Gasteiger partial charge on any atom is -0.497 e. The van der Waals surface area contributed by atoms with Gasteiger partial charge in [0, 0.05) is 6.54 Å². The molecule has 0 aliphatic rings. The number of hydrogen-bond donors (Lipinski definition) is 1. The first-order valence-electron chi connectivity index (χ1n) is 6.58. The highest BCUT2D eigenvalue weighted by atomic mass is 16.5. The molecule has 0 unspecified atom stereocenters. The number of carbonyl (C=O) groups excluding carboxylic acids is 1. The first kappa shape index (κ1) is 14.2. The molecule has 1 heterocycles. The SMILES string of the molecule is COc1cccc(CCNC(=O)c2cc(C)c(C)o2)c1. The quantitative estimate of drug-likeness (QED) is 0.911. The zero-order chi connectivity index (χ0) is 14.5. The van der Waals surface area contributed by atoms with E-state index in [9.17, 15) is 4.79 Å². The van der Waals surface area contributed by atoms with E-state index in [4.69, 9.17) is 9.15 Å². The van der Waals surface area contributed by atoms with Crippen molar-refractivity contribution in [2.75, 3.05) is 13.7 Å². The summed E-state index contributed by atoms with van der Waals surface area (Å²) in [5, 5.41) is 2.85. The molecule has 1 aromatic heterocycles. The van der Waals surface area contributed by atoms with Crippen molar-refractivity contribution in [1.82, 2.24) is 5.32 Å². The fraction of sp³-hybridized carbons (Fsp3) is 0.312. The minimum absolute atomic E-state index is 0.177. The zero-order valence-corrected chi connectivity index (χ0v) is 12.0. The van der Waals surface area contributed by atoms with Crippen molar-refractivity contribution in [2.24, 2.45) is 0 Å². The summed E-state index contributed by atoms with van der Waals surface area (Å²) >= 11 is 0. The Morgan fingerprint density at radius 2 is 2.10 bits per heavy atom. The maximum Gasteiger partial charge on any atom is 0.287 e. The van der Waals surface area contributed by atoms with Crippen molar-refractivity contribution in [3.63, 3.8) is 0 Å². The van der Waals surface area contributed by atoms with Gasteiger partial charge in [-0.2, -0.15) is 0 Å².